The van der Waals surface area contributed by atoms with Gasteiger partial charge in [0.2, 0.25) is 0 Å². The molecule has 8 heteroatoms. The molecule has 0 saturated heterocycles. The molecule has 2 rings (SSSR count). The van der Waals surface area contributed by atoms with Crippen molar-refractivity contribution in [1.82, 2.24) is 10.9 Å². The largest absolute Gasteiger partial charge is 0.493 e. The molecule has 0 unspecified atom stereocenters. The molecular weight excluding hydrogens is 353 g/mol. The lowest BCUT2D eigenvalue weighted by molar-refractivity contribution is -0.117. The number of nitrogens with zero attached hydrogens (tertiary/aromatic N) is 1. The molecule has 0 aliphatic carbocycles. The number of benzene rings is 2. The summed E-state index contributed by atoms with van der Waals surface area (Å²) in [6, 6.07) is 12.2. The van der Waals surface area contributed by atoms with Crippen LogP contribution in [0.4, 0.5) is 4.39 Å². The van der Waals surface area contributed by atoms with Crippen molar-refractivity contribution in [3.8, 4) is 17.6 Å². The zero-order valence-electron chi connectivity index (χ0n) is 14.4. The molecule has 0 aliphatic heterocycles. The lowest BCUT2D eigenvalue weighted by Crippen LogP contribution is -2.41. The summed E-state index contributed by atoms with van der Waals surface area (Å²) in [5.74, 6) is -1.26. The van der Waals surface area contributed by atoms with Gasteiger partial charge in [0, 0.05) is 6.08 Å². The van der Waals surface area contributed by atoms with Crippen LogP contribution >= 0.6 is 0 Å². The fraction of sp³-hybridized carbons (Fsp3) is 0.105. The number of carbonyl (C=O) groups is 2. The number of ether oxygens (including phenoxy) is 2. The Morgan fingerprint density at radius 2 is 1.96 bits per heavy atom. The van der Waals surface area contributed by atoms with E-state index in [2.05, 4.69) is 10.9 Å². The Bertz CT molecular complexity index is 906. The van der Waals surface area contributed by atoms with E-state index in [4.69, 9.17) is 14.7 Å². The smallest absolute Gasteiger partial charge is 0.272 e. The Morgan fingerprint density at radius 1 is 1.19 bits per heavy atom. The van der Waals surface area contributed by atoms with Gasteiger partial charge in [-0.25, -0.2) is 4.39 Å². The molecule has 0 aromatic heterocycles. The van der Waals surface area contributed by atoms with E-state index in [1.54, 1.807) is 18.2 Å². The van der Waals surface area contributed by atoms with Crippen LogP contribution in [0.15, 0.2) is 48.5 Å². The first-order valence-electron chi connectivity index (χ1n) is 7.76. The van der Waals surface area contributed by atoms with Gasteiger partial charge in [-0.1, -0.05) is 18.2 Å². The minimum Gasteiger partial charge on any atom is -0.493 e. The van der Waals surface area contributed by atoms with Gasteiger partial charge in [-0.2, -0.15) is 5.26 Å². The molecule has 2 amide bonds. The van der Waals surface area contributed by atoms with Gasteiger partial charge in [0.05, 0.1) is 12.7 Å². The fourth-order valence-electron chi connectivity index (χ4n) is 2.06. The van der Waals surface area contributed by atoms with E-state index in [0.29, 0.717) is 17.1 Å². The Hall–Kier alpha value is -3.86. The van der Waals surface area contributed by atoms with Crippen LogP contribution in [0.25, 0.3) is 6.08 Å². The number of halogens is 1. The molecule has 0 fully saturated rings. The third-order valence-electron chi connectivity index (χ3n) is 3.32. The van der Waals surface area contributed by atoms with Crippen molar-refractivity contribution < 1.29 is 23.5 Å². The van der Waals surface area contributed by atoms with Gasteiger partial charge >= 0.3 is 0 Å². The van der Waals surface area contributed by atoms with Crippen molar-refractivity contribution in [3.05, 3.63) is 65.5 Å². The summed E-state index contributed by atoms with van der Waals surface area (Å²) in [7, 11) is 1.45. The number of hydrazine groups is 1. The molecule has 2 aromatic rings. The number of nitriles is 1. The first-order chi connectivity index (χ1) is 13.0. The third kappa shape index (κ3) is 5.57. The summed E-state index contributed by atoms with van der Waals surface area (Å²) in [5.41, 5.74) is 4.74. The highest BCUT2D eigenvalue weighted by molar-refractivity contribution is 5.98. The van der Waals surface area contributed by atoms with Crippen LogP contribution in [0.3, 0.4) is 0 Å². The molecule has 2 N–H and O–H groups in total. The number of hydrogen-bond donors (Lipinski definition) is 2. The molecule has 0 bridgehead atoms. The van der Waals surface area contributed by atoms with Crippen molar-refractivity contribution in [3.63, 3.8) is 0 Å². The number of carbonyl (C=O) groups excluding carboxylic acids is 2. The van der Waals surface area contributed by atoms with Crippen LogP contribution in [0.2, 0.25) is 0 Å². The maximum absolute atomic E-state index is 13.5. The summed E-state index contributed by atoms with van der Waals surface area (Å²) in [6.45, 7) is -0.115. The molecule has 0 atom stereocenters. The normalized spacial score (nSPS) is 10.1. The maximum atomic E-state index is 13.5. The second-order valence-electron chi connectivity index (χ2n) is 5.11. The molecular formula is C19H16FN3O4. The van der Waals surface area contributed by atoms with Crippen LogP contribution in [0.5, 0.6) is 11.5 Å². The average molecular weight is 369 g/mol. The Kier molecular flexibility index (Phi) is 6.91. The van der Waals surface area contributed by atoms with Crippen molar-refractivity contribution in [1.29, 1.82) is 5.26 Å². The molecule has 0 aliphatic rings. The lowest BCUT2D eigenvalue weighted by Gasteiger charge is -2.09. The number of methoxy groups -OCH3 is 1. The molecule has 2 aromatic carbocycles. The monoisotopic (exact) mass is 369 g/mol. The highest BCUT2D eigenvalue weighted by Crippen LogP contribution is 2.28. The van der Waals surface area contributed by atoms with Gasteiger partial charge in [0.15, 0.2) is 18.1 Å². The van der Waals surface area contributed by atoms with Crippen molar-refractivity contribution >= 4 is 17.9 Å². The van der Waals surface area contributed by atoms with Gasteiger partial charge in [-0.3, -0.25) is 20.4 Å². The van der Waals surface area contributed by atoms with Crippen molar-refractivity contribution in [2.45, 2.75) is 0 Å². The Labute approximate surface area is 155 Å². The maximum Gasteiger partial charge on any atom is 0.272 e. The minimum atomic E-state index is -0.768. The summed E-state index contributed by atoms with van der Waals surface area (Å²) in [4.78, 5) is 23.6. The fourth-order valence-corrected chi connectivity index (χ4v) is 2.06. The molecule has 0 heterocycles. The molecule has 0 saturated carbocycles. The van der Waals surface area contributed by atoms with Crippen molar-refractivity contribution in [2.24, 2.45) is 0 Å². The van der Waals surface area contributed by atoms with E-state index in [0.717, 1.165) is 6.07 Å². The van der Waals surface area contributed by atoms with Crippen molar-refractivity contribution in [2.75, 3.05) is 13.7 Å². The van der Waals surface area contributed by atoms with E-state index >= 15 is 0 Å². The van der Waals surface area contributed by atoms with Gasteiger partial charge < -0.3 is 9.47 Å². The van der Waals surface area contributed by atoms with Gasteiger partial charge in [-0.15, -0.1) is 0 Å². The van der Waals surface area contributed by atoms with Crippen LogP contribution in [0.1, 0.15) is 15.9 Å². The van der Waals surface area contributed by atoms with Crippen LogP contribution in [-0.4, -0.2) is 25.5 Å². The van der Waals surface area contributed by atoms with Crippen LogP contribution < -0.4 is 20.3 Å². The summed E-state index contributed by atoms with van der Waals surface area (Å²) in [6.07, 6.45) is 2.67. The molecule has 138 valence electrons. The van der Waals surface area contributed by atoms with Gasteiger partial charge in [0.1, 0.15) is 11.9 Å². The van der Waals surface area contributed by atoms with Crippen LogP contribution in [-0.2, 0) is 4.79 Å². The van der Waals surface area contributed by atoms with E-state index in [-0.39, 0.29) is 12.2 Å². The first-order valence-corrected chi connectivity index (χ1v) is 7.76. The zero-order valence-corrected chi connectivity index (χ0v) is 14.4. The topological polar surface area (TPSA) is 100 Å². The molecule has 0 radical (unpaired) electrons. The quantitative estimate of drug-likeness (QED) is 0.601. The number of nitrogens with one attached hydrogen (secondary N) is 2. The molecule has 0 spiro atoms. The first kappa shape index (κ1) is 19.5. The van der Waals surface area contributed by atoms with Gasteiger partial charge in [0.25, 0.3) is 11.8 Å². The summed E-state index contributed by atoms with van der Waals surface area (Å²) < 4.78 is 23.9. The Morgan fingerprint density at radius 3 is 2.67 bits per heavy atom. The molecule has 27 heavy (non-hydrogen) atoms. The predicted molar refractivity (Wildman–Crippen MR) is 95.1 cm³/mol. The lowest BCUT2D eigenvalue weighted by atomic mass is 10.2. The van der Waals surface area contributed by atoms with E-state index in [1.165, 1.54) is 37.5 Å². The van der Waals surface area contributed by atoms with E-state index < -0.39 is 17.6 Å². The molecule has 7 nitrogen and oxygen atoms in total. The highest BCUT2D eigenvalue weighted by atomic mass is 19.1. The summed E-state index contributed by atoms with van der Waals surface area (Å²) >= 11 is 0. The van der Waals surface area contributed by atoms with Gasteiger partial charge in [-0.05, 0) is 35.9 Å². The number of amides is 2. The summed E-state index contributed by atoms with van der Waals surface area (Å²) in [5, 5.41) is 8.55. The third-order valence-corrected chi connectivity index (χ3v) is 3.32. The van der Waals surface area contributed by atoms with Crippen LogP contribution in [0, 0.1) is 17.1 Å². The average Bonchev–Trinajstić information content (AvgIpc) is 2.69. The second-order valence-corrected chi connectivity index (χ2v) is 5.11. The number of hydrogen-bond acceptors (Lipinski definition) is 5. The Balaban J connectivity index is 1.95. The zero-order chi connectivity index (χ0) is 19.6. The minimum absolute atomic E-state index is 0.115. The predicted octanol–water partition coefficient (Wildman–Crippen LogP) is 2.21. The van der Waals surface area contributed by atoms with E-state index in [1.807, 2.05) is 6.07 Å². The standard InChI is InChI=1S/C19H16FN3O4/c1-26-17-12-13(6-8-16(17)27-11-10-21)7-9-18(24)22-23-19(25)14-4-2-3-5-15(14)20/h2-9,12H,11H2,1H3,(H,22,24)(H,23,25). The second kappa shape index (κ2) is 9.58. The SMILES string of the molecule is COc1cc(C=CC(=O)NNC(=O)c2ccccc2F)ccc1OCC#N. The highest BCUT2D eigenvalue weighted by Gasteiger charge is 2.10. The van der Waals surface area contributed by atoms with E-state index in [9.17, 15) is 14.0 Å². The number of rotatable bonds is 6.